The van der Waals surface area contributed by atoms with Gasteiger partial charge in [-0.25, -0.2) is 19.2 Å². The van der Waals surface area contributed by atoms with E-state index in [9.17, 15) is 14.3 Å². The first-order valence-electron chi connectivity index (χ1n) is 10.2. The number of aryl methyl sites for hydroxylation is 2. The molecule has 7 nitrogen and oxygen atoms in total. The van der Waals surface area contributed by atoms with Crippen LogP contribution in [0.1, 0.15) is 21.6 Å². The predicted octanol–water partition coefficient (Wildman–Crippen LogP) is 4.71. The van der Waals surface area contributed by atoms with Gasteiger partial charge in [-0.05, 0) is 49.7 Å². The second kappa shape index (κ2) is 8.66. The standard InChI is InChI=1S/C24H24FN5O2/c1-14-8-17(25)11-22-19(14)9-15(2)30(22)7-6-27-23-12-20(28-13-29-23)16-4-5-18(24(31)32)21(10-16)26-3/h4-5,8-13,26H,6-7H2,1-3H3,(H,31,32)(H,27,28,29). The molecule has 0 spiro atoms. The van der Waals surface area contributed by atoms with Crippen LogP contribution in [0.3, 0.4) is 0 Å². The monoisotopic (exact) mass is 433 g/mol. The Balaban J connectivity index is 1.52. The van der Waals surface area contributed by atoms with Gasteiger partial charge >= 0.3 is 5.97 Å². The number of hydrogen-bond donors (Lipinski definition) is 3. The highest BCUT2D eigenvalue weighted by atomic mass is 19.1. The number of carboxylic acids is 1. The molecule has 0 aliphatic heterocycles. The molecule has 0 unspecified atom stereocenters. The van der Waals surface area contributed by atoms with E-state index in [0.717, 1.165) is 27.7 Å². The van der Waals surface area contributed by atoms with Crippen molar-refractivity contribution in [1.29, 1.82) is 0 Å². The van der Waals surface area contributed by atoms with Crippen LogP contribution in [0.15, 0.2) is 48.8 Å². The molecule has 4 rings (SSSR count). The van der Waals surface area contributed by atoms with E-state index in [1.54, 1.807) is 37.4 Å². The Bertz CT molecular complexity index is 1320. The summed E-state index contributed by atoms with van der Waals surface area (Å²) in [6.07, 6.45) is 1.47. The van der Waals surface area contributed by atoms with Crippen molar-refractivity contribution in [2.24, 2.45) is 0 Å². The van der Waals surface area contributed by atoms with Gasteiger partial charge < -0.3 is 20.3 Å². The van der Waals surface area contributed by atoms with Crippen molar-refractivity contribution in [3.8, 4) is 11.3 Å². The quantitative estimate of drug-likeness (QED) is 0.391. The first kappa shape index (κ1) is 21.3. The number of rotatable bonds is 7. The van der Waals surface area contributed by atoms with Crippen LogP contribution in [0.2, 0.25) is 0 Å². The third-order valence-electron chi connectivity index (χ3n) is 5.52. The van der Waals surface area contributed by atoms with Crippen molar-refractivity contribution < 1.29 is 14.3 Å². The number of aromatic carboxylic acids is 1. The number of benzene rings is 2. The Morgan fingerprint density at radius 1 is 1.12 bits per heavy atom. The molecule has 0 saturated heterocycles. The molecule has 8 heteroatoms. The van der Waals surface area contributed by atoms with Crippen molar-refractivity contribution in [2.75, 3.05) is 24.2 Å². The fourth-order valence-corrected chi connectivity index (χ4v) is 3.93. The van der Waals surface area contributed by atoms with Crippen molar-refractivity contribution in [3.05, 3.63) is 71.4 Å². The summed E-state index contributed by atoms with van der Waals surface area (Å²) in [4.78, 5) is 19.9. The van der Waals surface area contributed by atoms with E-state index in [2.05, 4.69) is 31.2 Å². The minimum absolute atomic E-state index is 0.199. The molecular weight excluding hydrogens is 409 g/mol. The lowest BCUT2D eigenvalue weighted by molar-refractivity contribution is 0.0698. The lowest BCUT2D eigenvalue weighted by Crippen LogP contribution is -2.12. The molecule has 3 N–H and O–H groups in total. The Morgan fingerprint density at radius 3 is 2.69 bits per heavy atom. The van der Waals surface area contributed by atoms with Gasteiger partial charge in [0.05, 0.1) is 16.8 Å². The molecule has 0 bridgehead atoms. The smallest absolute Gasteiger partial charge is 0.337 e. The van der Waals surface area contributed by atoms with E-state index in [1.165, 1.54) is 6.33 Å². The van der Waals surface area contributed by atoms with Crippen LogP contribution in [-0.4, -0.2) is 39.2 Å². The largest absolute Gasteiger partial charge is 0.478 e. The number of anilines is 2. The Kier molecular flexibility index (Phi) is 5.77. The van der Waals surface area contributed by atoms with Crippen molar-refractivity contribution in [1.82, 2.24) is 14.5 Å². The van der Waals surface area contributed by atoms with Crippen LogP contribution in [0.25, 0.3) is 22.2 Å². The average Bonchev–Trinajstić information content (AvgIpc) is 3.09. The second-order valence-corrected chi connectivity index (χ2v) is 7.62. The van der Waals surface area contributed by atoms with E-state index in [1.807, 2.05) is 19.9 Å². The SMILES string of the molecule is CNc1cc(-c2cc(NCCn3c(C)cc4c(C)cc(F)cc43)ncn2)ccc1C(=O)O. The fraction of sp³-hybridized carbons (Fsp3) is 0.208. The van der Waals surface area contributed by atoms with Gasteiger partial charge in [0.1, 0.15) is 18.0 Å². The van der Waals surface area contributed by atoms with E-state index >= 15 is 0 Å². The summed E-state index contributed by atoms with van der Waals surface area (Å²) in [6.45, 7) is 5.17. The topological polar surface area (TPSA) is 92.1 Å². The van der Waals surface area contributed by atoms with E-state index < -0.39 is 5.97 Å². The molecule has 0 aliphatic rings. The molecule has 2 heterocycles. The summed E-state index contributed by atoms with van der Waals surface area (Å²) in [5.74, 6) is -0.578. The van der Waals surface area contributed by atoms with Crippen LogP contribution >= 0.6 is 0 Å². The van der Waals surface area contributed by atoms with Crippen LogP contribution in [-0.2, 0) is 6.54 Å². The maximum absolute atomic E-state index is 13.9. The summed E-state index contributed by atoms with van der Waals surface area (Å²) >= 11 is 0. The predicted molar refractivity (Wildman–Crippen MR) is 124 cm³/mol. The highest BCUT2D eigenvalue weighted by Crippen LogP contribution is 2.26. The summed E-state index contributed by atoms with van der Waals surface area (Å²) in [5, 5.41) is 16.6. The van der Waals surface area contributed by atoms with E-state index in [4.69, 9.17) is 0 Å². The number of nitrogens with zero attached hydrogens (tertiary/aromatic N) is 3. The third-order valence-corrected chi connectivity index (χ3v) is 5.52. The van der Waals surface area contributed by atoms with Gasteiger partial charge in [-0.15, -0.1) is 0 Å². The average molecular weight is 433 g/mol. The normalized spacial score (nSPS) is 11.0. The molecule has 0 radical (unpaired) electrons. The summed E-state index contributed by atoms with van der Waals surface area (Å²) in [7, 11) is 1.68. The molecule has 0 aliphatic carbocycles. The van der Waals surface area contributed by atoms with Gasteiger partial charge in [0.15, 0.2) is 0 Å². The molecule has 0 amide bonds. The number of nitrogens with one attached hydrogen (secondary N) is 2. The number of halogens is 1. The van der Waals surface area contributed by atoms with Crippen LogP contribution < -0.4 is 10.6 Å². The molecule has 2 aromatic heterocycles. The number of carbonyl (C=O) groups is 1. The van der Waals surface area contributed by atoms with Crippen molar-refractivity contribution in [3.63, 3.8) is 0 Å². The highest BCUT2D eigenvalue weighted by molar-refractivity contribution is 5.95. The third kappa shape index (κ3) is 4.12. The summed E-state index contributed by atoms with van der Waals surface area (Å²) in [6, 6.07) is 12.0. The number of carboxylic acid groups (broad SMARTS) is 1. The molecule has 4 aromatic rings. The molecule has 0 fully saturated rings. The van der Waals surface area contributed by atoms with Gasteiger partial charge in [0.25, 0.3) is 0 Å². The maximum atomic E-state index is 13.9. The fourth-order valence-electron chi connectivity index (χ4n) is 3.93. The highest BCUT2D eigenvalue weighted by Gasteiger charge is 2.12. The molecule has 0 atom stereocenters. The molecule has 2 aromatic carbocycles. The molecular formula is C24H24FN5O2. The van der Waals surface area contributed by atoms with Crippen molar-refractivity contribution in [2.45, 2.75) is 20.4 Å². The minimum atomic E-state index is -0.992. The Morgan fingerprint density at radius 2 is 1.94 bits per heavy atom. The zero-order valence-corrected chi connectivity index (χ0v) is 18.1. The maximum Gasteiger partial charge on any atom is 0.337 e. The zero-order chi connectivity index (χ0) is 22.8. The summed E-state index contributed by atoms with van der Waals surface area (Å²) < 4.78 is 16.0. The van der Waals surface area contributed by atoms with Gasteiger partial charge in [-0.3, -0.25) is 0 Å². The molecule has 0 saturated carbocycles. The minimum Gasteiger partial charge on any atom is -0.478 e. The van der Waals surface area contributed by atoms with Crippen LogP contribution in [0, 0.1) is 19.7 Å². The first-order valence-corrected chi connectivity index (χ1v) is 10.2. The lowest BCUT2D eigenvalue weighted by Gasteiger charge is -2.12. The molecule has 32 heavy (non-hydrogen) atoms. The summed E-state index contributed by atoms with van der Waals surface area (Å²) in [5.41, 5.74) is 5.04. The van der Waals surface area contributed by atoms with E-state index in [-0.39, 0.29) is 11.4 Å². The van der Waals surface area contributed by atoms with Crippen molar-refractivity contribution >= 4 is 28.4 Å². The van der Waals surface area contributed by atoms with Crippen LogP contribution in [0.4, 0.5) is 15.9 Å². The van der Waals surface area contributed by atoms with E-state index in [0.29, 0.717) is 30.3 Å². The van der Waals surface area contributed by atoms with Gasteiger partial charge in [0.2, 0.25) is 0 Å². The Hall–Kier alpha value is -3.94. The van der Waals surface area contributed by atoms with Gasteiger partial charge in [-0.2, -0.15) is 0 Å². The van der Waals surface area contributed by atoms with Gasteiger partial charge in [-0.1, -0.05) is 6.07 Å². The second-order valence-electron chi connectivity index (χ2n) is 7.62. The number of fused-ring (bicyclic) bond motifs is 1. The van der Waals surface area contributed by atoms with Crippen LogP contribution in [0.5, 0.6) is 0 Å². The number of hydrogen-bond acceptors (Lipinski definition) is 5. The first-order chi connectivity index (χ1) is 15.4. The molecule has 164 valence electrons. The zero-order valence-electron chi connectivity index (χ0n) is 18.1. The van der Waals surface area contributed by atoms with Gasteiger partial charge in [0, 0.05) is 48.5 Å². The lowest BCUT2D eigenvalue weighted by atomic mass is 10.1. The Labute approximate surface area is 184 Å². The number of aromatic nitrogens is 3.